The number of aromatic carboxylic acids is 1. The van der Waals surface area contributed by atoms with Gasteiger partial charge in [-0.2, -0.15) is 0 Å². The van der Waals surface area contributed by atoms with E-state index in [0.29, 0.717) is 16.6 Å². The maximum atomic E-state index is 11.0. The quantitative estimate of drug-likeness (QED) is 0.906. The van der Waals surface area contributed by atoms with Gasteiger partial charge >= 0.3 is 5.97 Å². The van der Waals surface area contributed by atoms with Crippen LogP contribution in [0.1, 0.15) is 29.5 Å². The fraction of sp³-hybridized carbons (Fsp3) is 0.188. The molecule has 2 aliphatic rings. The molecule has 0 bridgehead atoms. The number of hydrogen-bond acceptors (Lipinski definition) is 4. The summed E-state index contributed by atoms with van der Waals surface area (Å²) in [5.41, 5.74) is 2.15. The van der Waals surface area contributed by atoms with Gasteiger partial charge in [0, 0.05) is 18.0 Å². The highest BCUT2D eigenvalue weighted by Gasteiger charge is 2.19. The van der Waals surface area contributed by atoms with Crippen LogP contribution in [0.4, 0.5) is 0 Å². The number of hydrogen-bond donors (Lipinski definition) is 1. The lowest BCUT2D eigenvalue weighted by atomic mass is 10.1. The summed E-state index contributed by atoms with van der Waals surface area (Å²) in [6.45, 7) is 2.14. The average Bonchev–Trinajstić information content (AvgIpc) is 2.70. The fourth-order valence-electron chi connectivity index (χ4n) is 2.30. The molecule has 0 aromatic carbocycles. The number of halogens is 1. The van der Waals surface area contributed by atoms with Gasteiger partial charge in [-0.05, 0) is 24.5 Å². The van der Waals surface area contributed by atoms with E-state index >= 15 is 0 Å². The Labute approximate surface area is 132 Å². The second kappa shape index (κ2) is 5.77. The number of carboxylic acid groups (broad SMARTS) is 1. The predicted octanol–water partition coefficient (Wildman–Crippen LogP) is 3.39. The number of nitrogens with zero attached hydrogens (tertiary/aromatic N) is 3. The van der Waals surface area contributed by atoms with E-state index in [1.807, 2.05) is 17.3 Å². The zero-order valence-corrected chi connectivity index (χ0v) is 12.7. The predicted molar refractivity (Wildman–Crippen MR) is 83.7 cm³/mol. The highest BCUT2D eigenvalue weighted by molar-refractivity contribution is 6.32. The van der Waals surface area contributed by atoms with Gasteiger partial charge in [-0.1, -0.05) is 30.7 Å². The van der Waals surface area contributed by atoms with Gasteiger partial charge in [0.2, 0.25) is 0 Å². The molecular weight excluding hydrogens is 302 g/mol. The highest BCUT2D eigenvalue weighted by Crippen LogP contribution is 2.33. The molecule has 0 spiro atoms. The van der Waals surface area contributed by atoms with E-state index in [4.69, 9.17) is 16.7 Å². The molecule has 0 fully saturated rings. The Morgan fingerprint density at radius 1 is 1.45 bits per heavy atom. The van der Waals surface area contributed by atoms with E-state index in [0.717, 1.165) is 17.7 Å². The van der Waals surface area contributed by atoms with Gasteiger partial charge in [0.1, 0.15) is 6.33 Å². The van der Waals surface area contributed by atoms with Gasteiger partial charge in [0.05, 0.1) is 16.4 Å². The van der Waals surface area contributed by atoms with Gasteiger partial charge in [-0.15, -0.1) is 0 Å². The van der Waals surface area contributed by atoms with Gasteiger partial charge < -0.3 is 10.0 Å². The smallest absolute Gasteiger partial charge is 0.354 e. The molecule has 3 heterocycles. The largest absolute Gasteiger partial charge is 0.477 e. The van der Waals surface area contributed by atoms with E-state index in [1.165, 1.54) is 12.4 Å². The monoisotopic (exact) mass is 315 g/mol. The topological polar surface area (TPSA) is 66.3 Å². The third-order valence-corrected chi connectivity index (χ3v) is 3.83. The summed E-state index contributed by atoms with van der Waals surface area (Å²) < 4.78 is 0. The molecule has 5 nitrogen and oxygen atoms in total. The van der Waals surface area contributed by atoms with Crippen molar-refractivity contribution < 1.29 is 9.90 Å². The molecule has 112 valence electrons. The molecule has 0 radical (unpaired) electrons. The number of rotatable bonds is 2. The first-order valence-electron chi connectivity index (χ1n) is 6.86. The van der Waals surface area contributed by atoms with Crippen LogP contribution in [0.3, 0.4) is 0 Å². The van der Waals surface area contributed by atoms with Crippen LogP contribution in [0.5, 0.6) is 0 Å². The minimum atomic E-state index is -1.08. The van der Waals surface area contributed by atoms with Crippen LogP contribution in [-0.4, -0.2) is 25.9 Å². The molecule has 6 heteroatoms. The Morgan fingerprint density at radius 2 is 2.27 bits per heavy atom. The molecule has 1 aromatic heterocycles. The fourth-order valence-corrected chi connectivity index (χ4v) is 2.60. The lowest BCUT2D eigenvalue weighted by Crippen LogP contribution is -2.14. The molecule has 2 aliphatic heterocycles. The first-order valence-corrected chi connectivity index (χ1v) is 7.24. The number of carbonyl (C=O) groups is 1. The van der Waals surface area contributed by atoms with Crippen LogP contribution in [0.15, 0.2) is 53.8 Å². The molecule has 0 amide bonds. The molecule has 0 saturated carbocycles. The first kappa shape index (κ1) is 14.5. The van der Waals surface area contributed by atoms with Crippen molar-refractivity contribution in [1.82, 2.24) is 14.9 Å². The first-order chi connectivity index (χ1) is 10.5. The zero-order chi connectivity index (χ0) is 15.7. The molecule has 1 aromatic rings. The summed E-state index contributed by atoms with van der Waals surface area (Å²) in [6.07, 6.45) is 12.0. The molecule has 1 unspecified atom stereocenters. The second-order valence-corrected chi connectivity index (χ2v) is 5.63. The second-order valence-electron chi connectivity index (χ2n) is 5.22. The molecule has 22 heavy (non-hydrogen) atoms. The summed E-state index contributed by atoms with van der Waals surface area (Å²) in [6, 6.07) is 1.44. The molecule has 0 saturated heterocycles. The summed E-state index contributed by atoms with van der Waals surface area (Å²) in [5, 5.41) is 9.63. The maximum absolute atomic E-state index is 11.0. The zero-order valence-electron chi connectivity index (χ0n) is 11.9. The number of allylic oxidation sites excluding steroid dienone is 5. The Hall–Kier alpha value is -2.40. The average molecular weight is 316 g/mol. The summed E-state index contributed by atoms with van der Waals surface area (Å²) in [5.74, 6) is -0.642. The maximum Gasteiger partial charge on any atom is 0.354 e. The van der Waals surface area contributed by atoms with Crippen LogP contribution < -0.4 is 0 Å². The van der Waals surface area contributed by atoms with Crippen molar-refractivity contribution in [1.29, 1.82) is 0 Å². The van der Waals surface area contributed by atoms with Crippen molar-refractivity contribution in [3.8, 4) is 0 Å². The van der Waals surface area contributed by atoms with Crippen LogP contribution in [0.2, 0.25) is 0 Å². The standard InChI is InChI=1S/C16H14ClN3O2/c1-10-2-3-15-12(17)6-11(8-20(15)5-4-10)13-7-14(16(21)22)19-9-18-13/h3-10H,2H2,1H3,(H,21,22). The van der Waals surface area contributed by atoms with Crippen molar-refractivity contribution >= 4 is 23.1 Å². The van der Waals surface area contributed by atoms with Crippen molar-refractivity contribution in [2.75, 3.05) is 0 Å². The third-order valence-electron chi connectivity index (χ3n) is 3.52. The van der Waals surface area contributed by atoms with Gasteiger partial charge in [0.25, 0.3) is 0 Å². The Morgan fingerprint density at radius 3 is 3.05 bits per heavy atom. The van der Waals surface area contributed by atoms with Gasteiger partial charge in [-0.25, -0.2) is 14.8 Å². The molecule has 1 N–H and O–H groups in total. The van der Waals surface area contributed by atoms with Crippen molar-refractivity contribution in [3.63, 3.8) is 0 Å². The lowest BCUT2D eigenvalue weighted by Gasteiger charge is -2.24. The van der Waals surface area contributed by atoms with Crippen molar-refractivity contribution in [2.45, 2.75) is 13.3 Å². The van der Waals surface area contributed by atoms with Gasteiger partial charge in [-0.3, -0.25) is 0 Å². The Kier molecular flexibility index (Phi) is 3.81. The molecule has 0 aliphatic carbocycles. The Bertz CT molecular complexity index is 750. The van der Waals surface area contributed by atoms with Crippen molar-refractivity contribution in [3.05, 3.63) is 65.1 Å². The van der Waals surface area contributed by atoms with Crippen LogP contribution >= 0.6 is 11.6 Å². The highest BCUT2D eigenvalue weighted by atomic mass is 35.5. The minimum Gasteiger partial charge on any atom is -0.477 e. The minimum absolute atomic E-state index is 0.0446. The normalized spacial score (nSPS) is 20.5. The van der Waals surface area contributed by atoms with E-state index in [1.54, 1.807) is 6.08 Å². The van der Waals surface area contributed by atoms with Crippen LogP contribution in [0.25, 0.3) is 5.57 Å². The number of aromatic nitrogens is 2. The van der Waals surface area contributed by atoms with Crippen LogP contribution in [-0.2, 0) is 0 Å². The number of fused-ring (bicyclic) bond motifs is 1. The van der Waals surface area contributed by atoms with Crippen molar-refractivity contribution in [2.24, 2.45) is 5.92 Å². The van der Waals surface area contributed by atoms with E-state index in [9.17, 15) is 4.79 Å². The van der Waals surface area contributed by atoms with E-state index in [2.05, 4.69) is 29.0 Å². The lowest BCUT2D eigenvalue weighted by molar-refractivity contribution is 0.0690. The van der Waals surface area contributed by atoms with E-state index < -0.39 is 5.97 Å². The molecular formula is C16H14ClN3O2. The third kappa shape index (κ3) is 2.80. The summed E-state index contributed by atoms with van der Waals surface area (Å²) in [4.78, 5) is 20.8. The number of carboxylic acids is 1. The molecule has 3 rings (SSSR count). The van der Waals surface area contributed by atoms with E-state index in [-0.39, 0.29) is 5.69 Å². The summed E-state index contributed by atoms with van der Waals surface area (Å²) >= 11 is 6.37. The SMILES string of the molecule is CC1C=CN2C=C(c3cc(C(=O)O)ncn3)C=C(Cl)C2=CC1. The van der Waals surface area contributed by atoms with Crippen LogP contribution in [0, 0.1) is 5.92 Å². The van der Waals surface area contributed by atoms with Gasteiger partial charge in [0.15, 0.2) is 5.69 Å². The Balaban J connectivity index is 2.02. The summed E-state index contributed by atoms with van der Waals surface area (Å²) in [7, 11) is 0. The molecule has 1 atom stereocenters.